The Morgan fingerprint density at radius 3 is 3.20 bits per heavy atom. The molecule has 0 aliphatic carbocycles. The van der Waals surface area contributed by atoms with E-state index in [0.717, 1.165) is 54.9 Å². The summed E-state index contributed by atoms with van der Waals surface area (Å²) in [7, 11) is 0. The number of imidazole rings is 1. The van der Waals surface area contributed by atoms with Crippen LogP contribution >= 0.6 is 22.9 Å². The molecule has 1 N–H and O–H groups in total. The summed E-state index contributed by atoms with van der Waals surface area (Å²) in [6, 6.07) is 2.68. The minimum Gasteiger partial charge on any atom is -0.372 e. The number of ether oxygens (including phenoxy) is 2. The fourth-order valence-electron chi connectivity index (χ4n) is 4.53. The first-order chi connectivity index (χ1) is 12.1. The van der Waals surface area contributed by atoms with E-state index >= 15 is 0 Å². The molecule has 0 radical (unpaired) electrons. The summed E-state index contributed by atoms with van der Waals surface area (Å²) in [4.78, 5) is 6.17. The Kier molecular flexibility index (Phi) is 3.95. The maximum Gasteiger partial charge on any atom is 0.135 e. The third kappa shape index (κ3) is 2.75. The van der Waals surface area contributed by atoms with Gasteiger partial charge >= 0.3 is 0 Å². The molecule has 3 aliphatic rings. The summed E-state index contributed by atoms with van der Waals surface area (Å²) in [5.74, 6) is 1.03. The van der Waals surface area contributed by atoms with Crippen LogP contribution in [0.1, 0.15) is 47.8 Å². The van der Waals surface area contributed by atoms with Gasteiger partial charge in [0.2, 0.25) is 0 Å². The summed E-state index contributed by atoms with van der Waals surface area (Å²) >= 11 is 8.02. The van der Waals surface area contributed by atoms with Crippen LogP contribution in [0.15, 0.2) is 12.3 Å². The number of thiophene rings is 1. The number of rotatable bonds is 1. The van der Waals surface area contributed by atoms with Crippen LogP contribution in [0.4, 0.5) is 0 Å². The van der Waals surface area contributed by atoms with E-state index in [0.29, 0.717) is 12.6 Å². The molecule has 0 bridgehead atoms. The summed E-state index contributed by atoms with van der Waals surface area (Å²) in [5, 5.41) is 3.73. The van der Waals surface area contributed by atoms with Crippen LogP contribution in [0.5, 0.6) is 0 Å². The Labute approximate surface area is 156 Å². The predicted molar refractivity (Wildman–Crippen MR) is 97.1 cm³/mol. The molecule has 2 aromatic rings. The molecule has 134 valence electrons. The molecule has 3 aliphatic heterocycles. The Hall–Kier alpha value is -0.920. The van der Waals surface area contributed by atoms with Crippen molar-refractivity contribution in [3.8, 4) is 0 Å². The lowest BCUT2D eigenvalue weighted by molar-refractivity contribution is -0.0957. The molecule has 1 spiro atoms. The van der Waals surface area contributed by atoms with E-state index in [-0.39, 0.29) is 11.6 Å². The minimum absolute atomic E-state index is 0.189. The minimum atomic E-state index is -0.235. The van der Waals surface area contributed by atoms with Crippen molar-refractivity contribution >= 4 is 22.9 Å². The molecule has 0 aromatic carbocycles. The van der Waals surface area contributed by atoms with Gasteiger partial charge in [0.05, 0.1) is 29.3 Å². The summed E-state index contributed by atoms with van der Waals surface area (Å²) in [5.41, 5.74) is 2.23. The lowest BCUT2D eigenvalue weighted by Gasteiger charge is -2.45. The second-order valence-electron chi connectivity index (χ2n) is 7.35. The van der Waals surface area contributed by atoms with E-state index < -0.39 is 0 Å². The number of aromatic nitrogens is 2. The topological polar surface area (TPSA) is 48.3 Å². The van der Waals surface area contributed by atoms with E-state index in [1.807, 2.05) is 0 Å². The molecule has 0 amide bonds. The van der Waals surface area contributed by atoms with Gasteiger partial charge in [-0.05, 0) is 31.4 Å². The van der Waals surface area contributed by atoms with E-state index in [1.54, 1.807) is 11.3 Å². The lowest BCUT2D eigenvalue weighted by Crippen LogP contribution is -2.49. The second-order valence-corrected chi connectivity index (χ2v) is 9.04. The summed E-state index contributed by atoms with van der Waals surface area (Å²) in [6.45, 7) is 5.26. The molecule has 1 fully saturated rings. The molecule has 5 rings (SSSR count). The van der Waals surface area contributed by atoms with Crippen molar-refractivity contribution in [3.05, 3.63) is 38.6 Å². The molecule has 1 saturated heterocycles. The van der Waals surface area contributed by atoms with Gasteiger partial charge < -0.3 is 19.4 Å². The average Bonchev–Trinajstić information content (AvgIpc) is 3.18. The van der Waals surface area contributed by atoms with Gasteiger partial charge in [-0.2, -0.15) is 0 Å². The van der Waals surface area contributed by atoms with E-state index in [9.17, 15) is 0 Å². The lowest BCUT2D eigenvalue weighted by atomic mass is 9.79. The quantitative estimate of drug-likeness (QED) is 0.824. The highest BCUT2D eigenvalue weighted by Crippen LogP contribution is 2.49. The Morgan fingerprint density at radius 1 is 1.40 bits per heavy atom. The van der Waals surface area contributed by atoms with Crippen LogP contribution in [0.3, 0.4) is 0 Å². The van der Waals surface area contributed by atoms with Crippen LogP contribution in [0.2, 0.25) is 4.34 Å². The van der Waals surface area contributed by atoms with Gasteiger partial charge in [0, 0.05) is 30.1 Å². The molecule has 5 nitrogen and oxygen atoms in total. The number of nitrogens with zero attached hydrogens (tertiary/aromatic N) is 2. The SMILES string of the molecule is C[C@H]1C[C@@]2(C[C@@H](c3cn4c(n3)COCC4)N1)OCCc1cc(Cl)sc12. The van der Waals surface area contributed by atoms with E-state index in [1.165, 1.54) is 10.4 Å². The Balaban J connectivity index is 1.50. The highest BCUT2D eigenvalue weighted by atomic mass is 35.5. The largest absolute Gasteiger partial charge is 0.372 e. The maximum absolute atomic E-state index is 6.42. The molecule has 0 unspecified atom stereocenters. The Morgan fingerprint density at radius 2 is 2.32 bits per heavy atom. The van der Waals surface area contributed by atoms with Crippen molar-refractivity contribution in [2.24, 2.45) is 0 Å². The van der Waals surface area contributed by atoms with Gasteiger partial charge in [0.15, 0.2) is 0 Å². The third-order valence-electron chi connectivity index (χ3n) is 5.54. The van der Waals surface area contributed by atoms with Crippen molar-refractivity contribution in [2.75, 3.05) is 13.2 Å². The molecule has 5 heterocycles. The highest BCUT2D eigenvalue weighted by Gasteiger charge is 2.46. The second kappa shape index (κ2) is 6.06. The zero-order valence-corrected chi connectivity index (χ0v) is 15.8. The fraction of sp³-hybridized carbons (Fsp3) is 0.611. The first kappa shape index (κ1) is 16.3. The zero-order valence-electron chi connectivity index (χ0n) is 14.3. The van der Waals surface area contributed by atoms with Crippen LogP contribution < -0.4 is 5.32 Å². The number of piperidine rings is 1. The molecule has 0 saturated carbocycles. The first-order valence-corrected chi connectivity index (χ1v) is 10.1. The van der Waals surface area contributed by atoms with Gasteiger partial charge in [-0.15, -0.1) is 11.3 Å². The van der Waals surface area contributed by atoms with Gasteiger partial charge in [-0.3, -0.25) is 0 Å². The number of hydrogen-bond acceptors (Lipinski definition) is 5. The Bertz CT molecular complexity index is 781. The summed E-state index contributed by atoms with van der Waals surface area (Å²) in [6.07, 6.45) is 5.03. The normalized spacial score (nSPS) is 31.8. The number of nitrogens with one attached hydrogen (secondary N) is 1. The average molecular weight is 380 g/mol. The van der Waals surface area contributed by atoms with Gasteiger partial charge in [0.25, 0.3) is 0 Å². The van der Waals surface area contributed by atoms with Crippen LogP contribution in [-0.4, -0.2) is 28.8 Å². The van der Waals surface area contributed by atoms with Crippen molar-refractivity contribution in [1.82, 2.24) is 14.9 Å². The number of fused-ring (bicyclic) bond motifs is 3. The van der Waals surface area contributed by atoms with E-state index in [4.69, 9.17) is 26.1 Å². The van der Waals surface area contributed by atoms with Crippen molar-refractivity contribution in [1.29, 1.82) is 0 Å². The van der Waals surface area contributed by atoms with Crippen LogP contribution in [0, 0.1) is 0 Å². The highest BCUT2D eigenvalue weighted by molar-refractivity contribution is 7.16. The monoisotopic (exact) mass is 379 g/mol. The molecule has 25 heavy (non-hydrogen) atoms. The zero-order chi connectivity index (χ0) is 17.0. The number of halogens is 1. The smallest absolute Gasteiger partial charge is 0.135 e. The fourth-order valence-corrected chi connectivity index (χ4v) is 5.99. The van der Waals surface area contributed by atoms with Crippen molar-refractivity contribution in [3.63, 3.8) is 0 Å². The maximum atomic E-state index is 6.42. The molecule has 7 heteroatoms. The van der Waals surface area contributed by atoms with Gasteiger partial charge in [-0.1, -0.05) is 11.6 Å². The van der Waals surface area contributed by atoms with Gasteiger partial charge in [-0.25, -0.2) is 4.98 Å². The first-order valence-electron chi connectivity index (χ1n) is 8.95. The molecular weight excluding hydrogens is 358 g/mol. The molecular formula is C18H22ClN3O2S. The van der Waals surface area contributed by atoms with Crippen molar-refractivity contribution < 1.29 is 9.47 Å². The molecule has 2 aromatic heterocycles. The van der Waals surface area contributed by atoms with E-state index in [2.05, 4.69) is 29.1 Å². The third-order valence-corrected chi connectivity index (χ3v) is 7.03. The standard InChI is InChI=1S/C18H22ClN3O2S/c1-11-7-18(17-12(2-4-24-18)6-15(19)25-17)8-13(20-11)14-9-22-3-5-23-10-16(22)21-14/h6,9,11,13,20H,2-5,7-8,10H2,1H3/t11-,13-,18-/m0/s1. The molecule has 3 atom stereocenters. The van der Waals surface area contributed by atoms with Crippen molar-refractivity contribution in [2.45, 2.75) is 57.0 Å². The van der Waals surface area contributed by atoms with Gasteiger partial charge in [0.1, 0.15) is 18.0 Å². The van der Waals surface area contributed by atoms with Crippen LogP contribution in [0.25, 0.3) is 0 Å². The predicted octanol–water partition coefficient (Wildman–Crippen LogP) is 3.41. The number of hydrogen-bond donors (Lipinski definition) is 1. The van der Waals surface area contributed by atoms with Crippen LogP contribution in [-0.2, 0) is 34.6 Å². The summed E-state index contributed by atoms with van der Waals surface area (Å²) < 4.78 is 15.0.